The number of nitrogens with zero attached hydrogens (tertiary/aromatic N) is 3. The lowest BCUT2D eigenvalue weighted by Crippen LogP contribution is -2.68. The molecule has 0 saturated carbocycles. The van der Waals surface area contributed by atoms with Crippen molar-refractivity contribution in [2.45, 2.75) is 101 Å². The molecule has 7 atom stereocenters. The summed E-state index contributed by atoms with van der Waals surface area (Å²) in [5, 5.41) is 6.88. The number of hydrogen-bond acceptors (Lipinski definition) is 8. The summed E-state index contributed by atoms with van der Waals surface area (Å²) in [4.78, 5) is 21.1. The first kappa shape index (κ1) is 30.1. The summed E-state index contributed by atoms with van der Waals surface area (Å²) in [5.74, 6) is -0.277. The van der Waals surface area contributed by atoms with Crippen molar-refractivity contribution >= 4 is 5.91 Å². The molecule has 0 aliphatic carbocycles. The topological polar surface area (TPSA) is 112 Å². The minimum absolute atomic E-state index is 0.0118. The van der Waals surface area contributed by atoms with Gasteiger partial charge >= 0.3 is 0 Å². The number of nitrogens with two attached hydrogens (primary N) is 2. The van der Waals surface area contributed by atoms with Gasteiger partial charge in [0.25, 0.3) is 0 Å². The Balaban J connectivity index is 1.44. The van der Waals surface area contributed by atoms with Gasteiger partial charge in [-0.1, -0.05) is 26.2 Å². The van der Waals surface area contributed by atoms with Crippen LogP contribution >= 0.6 is 0 Å². The van der Waals surface area contributed by atoms with E-state index in [2.05, 4.69) is 34.3 Å². The fraction of sp³-hybridized carbons (Fsp3) is 0.964. The largest absolute Gasteiger partial charge is 0.378 e. The maximum absolute atomic E-state index is 14.8. The number of ether oxygens (including phenoxy) is 1. The zero-order valence-electron chi connectivity index (χ0n) is 24.0. The van der Waals surface area contributed by atoms with Crippen molar-refractivity contribution in [2.75, 3.05) is 59.5 Å². The number of piperazine rings is 1. The Morgan fingerprint density at radius 3 is 2.63 bits per heavy atom. The van der Waals surface area contributed by atoms with Gasteiger partial charge in [0, 0.05) is 50.8 Å². The number of carbonyl (C=O) groups is 1. The zero-order valence-corrected chi connectivity index (χ0v) is 24.0. The molecule has 6 N–H and O–H groups in total. The summed E-state index contributed by atoms with van der Waals surface area (Å²) in [7, 11) is 1.93. The van der Waals surface area contributed by atoms with E-state index in [4.69, 9.17) is 16.2 Å². The molecule has 4 fully saturated rings. The van der Waals surface area contributed by atoms with Crippen molar-refractivity contribution in [3.05, 3.63) is 0 Å². The van der Waals surface area contributed by atoms with Crippen LogP contribution in [-0.4, -0.2) is 123 Å². The van der Waals surface area contributed by atoms with Gasteiger partial charge in [-0.25, -0.2) is 4.39 Å². The number of unbranched alkanes of at least 4 members (excludes halogenated alkanes) is 1. The normalized spacial score (nSPS) is 35.9. The average molecular weight is 540 g/mol. The van der Waals surface area contributed by atoms with E-state index < -0.39 is 18.3 Å². The van der Waals surface area contributed by atoms with Crippen molar-refractivity contribution in [1.82, 2.24) is 25.3 Å². The summed E-state index contributed by atoms with van der Waals surface area (Å²) in [5.41, 5.74) is 12.6. The molecule has 0 radical (unpaired) electrons. The van der Waals surface area contributed by atoms with Crippen LogP contribution in [0.5, 0.6) is 0 Å². The van der Waals surface area contributed by atoms with Crippen molar-refractivity contribution in [3.8, 4) is 0 Å². The monoisotopic (exact) mass is 539 g/mol. The summed E-state index contributed by atoms with van der Waals surface area (Å²) in [6.07, 6.45) is 4.91. The van der Waals surface area contributed by atoms with Crippen molar-refractivity contribution < 1.29 is 13.9 Å². The van der Waals surface area contributed by atoms with Crippen LogP contribution in [0.25, 0.3) is 0 Å². The summed E-state index contributed by atoms with van der Waals surface area (Å²) in [6, 6.07) is 1.06. The van der Waals surface area contributed by atoms with Gasteiger partial charge in [-0.05, 0) is 52.1 Å². The smallest absolute Gasteiger partial charge is 0.227 e. The van der Waals surface area contributed by atoms with Crippen LogP contribution < -0.4 is 22.1 Å². The van der Waals surface area contributed by atoms with Gasteiger partial charge in [0.15, 0.2) is 0 Å². The first-order chi connectivity index (χ1) is 18.3. The van der Waals surface area contributed by atoms with E-state index in [-0.39, 0.29) is 24.0 Å². The maximum atomic E-state index is 14.8. The zero-order chi connectivity index (χ0) is 27.2. The molecule has 0 aromatic rings. The summed E-state index contributed by atoms with van der Waals surface area (Å²) >= 11 is 0. The van der Waals surface area contributed by atoms with Crippen LogP contribution in [-0.2, 0) is 9.53 Å². The third-order valence-corrected chi connectivity index (χ3v) is 9.66. The SMILES string of the molecule is CCCCC1CCC(F)CN(C)C(C(C(=O)NC2CNCCC2N2CCN(C3COC3)C[C@@H]2C)C(N)N)C1. The number of rotatable bonds is 9. The predicted octanol–water partition coefficient (Wildman–Crippen LogP) is 0.727. The lowest BCUT2D eigenvalue weighted by molar-refractivity contribution is -0.130. The molecule has 0 bridgehead atoms. The van der Waals surface area contributed by atoms with Crippen LogP contribution in [0.15, 0.2) is 0 Å². The molecule has 0 aromatic heterocycles. The molecule has 4 aliphatic heterocycles. The molecule has 1 amide bonds. The van der Waals surface area contributed by atoms with E-state index in [1.54, 1.807) is 0 Å². The molecule has 4 aliphatic rings. The van der Waals surface area contributed by atoms with E-state index >= 15 is 0 Å². The molecule has 4 heterocycles. The number of amides is 1. The van der Waals surface area contributed by atoms with Crippen LogP contribution in [0.1, 0.15) is 58.8 Å². The fourth-order valence-electron chi connectivity index (χ4n) is 7.30. The second-order valence-electron chi connectivity index (χ2n) is 12.5. The molecular weight excluding hydrogens is 485 g/mol. The lowest BCUT2D eigenvalue weighted by Gasteiger charge is -2.50. The minimum atomic E-state index is -0.886. The summed E-state index contributed by atoms with van der Waals surface area (Å²) in [6.45, 7) is 11.3. The Hall–Kier alpha value is -0.880. The van der Waals surface area contributed by atoms with Gasteiger partial charge in [0.1, 0.15) is 6.17 Å². The molecule has 38 heavy (non-hydrogen) atoms. The van der Waals surface area contributed by atoms with Crippen LogP contribution in [0, 0.1) is 11.8 Å². The minimum Gasteiger partial charge on any atom is -0.378 e. The molecule has 4 saturated heterocycles. The highest BCUT2D eigenvalue weighted by Crippen LogP contribution is 2.31. The summed E-state index contributed by atoms with van der Waals surface area (Å²) < 4.78 is 20.2. The van der Waals surface area contributed by atoms with Crippen molar-refractivity contribution in [1.29, 1.82) is 0 Å². The standard InChI is InChI=1S/C28H54FN7O2/c1-4-5-6-20-7-8-21(29)16-34(3)25(13-20)26(27(30)31)28(37)33-23-14-32-10-9-24(23)36-12-11-35(15-19(36)2)22-17-38-18-22/h19-27,32H,4-18,30-31H2,1-3H3,(H,33,37)/t19-,20?,21?,23?,24?,25?,26?/m0/s1. The molecule has 9 nitrogen and oxygen atoms in total. The maximum Gasteiger partial charge on any atom is 0.227 e. The number of likely N-dealkylation sites (tertiary alicyclic amines) is 1. The Kier molecular flexibility index (Phi) is 11.2. The first-order valence-corrected chi connectivity index (χ1v) is 15.2. The van der Waals surface area contributed by atoms with Gasteiger partial charge in [-0.2, -0.15) is 0 Å². The first-order valence-electron chi connectivity index (χ1n) is 15.2. The van der Waals surface area contributed by atoms with Crippen LogP contribution in [0.2, 0.25) is 0 Å². The van der Waals surface area contributed by atoms with E-state index in [9.17, 15) is 9.18 Å². The van der Waals surface area contributed by atoms with Gasteiger partial charge < -0.3 is 26.8 Å². The quantitative estimate of drug-likeness (QED) is 0.317. The van der Waals surface area contributed by atoms with Crippen LogP contribution in [0.3, 0.4) is 0 Å². The van der Waals surface area contributed by atoms with Gasteiger partial charge in [0.2, 0.25) is 5.91 Å². The van der Waals surface area contributed by atoms with E-state index in [0.29, 0.717) is 31.0 Å². The third kappa shape index (κ3) is 7.44. The van der Waals surface area contributed by atoms with E-state index in [1.807, 2.05) is 11.9 Å². The van der Waals surface area contributed by atoms with Crippen molar-refractivity contribution in [3.63, 3.8) is 0 Å². The van der Waals surface area contributed by atoms with Crippen LogP contribution in [0.4, 0.5) is 4.39 Å². The van der Waals surface area contributed by atoms with Gasteiger partial charge in [-0.3, -0.25) is 19.5 Å². The van der Waals surface area contributed by atoms with Gasteiger partial charge in [-0.15, -0.1) is 0 Å². The highest BCUT2D eigenvalue weighted by molar-refractivity contribution is 5.80. The number of halogens is 1. The Morgan fingerprint density at radius 2 is 1.97 bits per heavy atom. The van der Waals surface area contributed by atoms with E-state index in [1.165, 1.54) is 0 Å². The number of alkyl halides is 1. The predicted molar refractivity (Wildman–Crippen MR) is 149 cm³/mol. The second kappa shape index (κ2) is 14.1. The lowest BCUT2D eigenvalue weighted by atomic mass is 9.81. The number of nitrogens with one attached hydrogen (secondary N) is 2. The van der Waals surface area contributed by atoms with E-state index in [0.717, 1.165) is 84.5 Å². The third-order valence-electron chi connectivity index (χ3n) is 9.66. The Labute approximate surface area is 229 Å². The van der Waals surface area contributed by atoms with Gasteiger partial charge in [0.05, 0.1) is 37.4 Å². The highest BCUT2D eigenvalue weighted by atomic mass is 19.1. The highest BCUT2D eigenvalue weighted by Gasteiger charge is 2.42. The molecule has 10 heteroatoms. The molecule has 0 spiro atoms. The fourth-order valence-corrected chi connectivity index (χ4v) is 7.30. The molecular formula is C28H54FN7O2. The number of hydrogen-bond donors (Lipinski definition) is 4. The average Bonchev–Trinajstić information content (AvgIpc) is 2.83. The molecule has 220 valence electrons. The second-order valence-corrected chi connectivity index (χ2v) is 12.5. The molecule has 0 aromatic carbocycles. The number of piperidine rings is 1. The Morgan fingerprint density at radius 1 is 1.18 bits per heavy atom. The Bertz CT molecular complexity index is 742. The molecule has 6 unspecified atom stereocenters. The number of carbonyl (C=O) groups excluding carboxylic acids is 1. The van der Waals surface area contributed by atoms with Crippen molar-refractivity contribution in [2.24, 2.45) is 23.3 Å². The molecule has 4 rings (SSSR count).